The van der Waals surface area contributed by atoms with Crippen LogP contribution in [0.5, 0.6) is 5.75 Å². The van der Waals surface area contributed by atoms with Gasteiger partial charge in [0.2, 0.25) is 0 Å². The lowest BCUT2D eigenvalue weighted by atomic mass is 10.0. The summed E-state index contributed by atoms with van der Waals surface area (Å²) in [6.07, 6.45) is 1.45. The largest absolute Gasteiger partial charge is 0.489 e. The van der Waals surface area contributed by atoms with E-state index in [1.165, 1.54) is 6.21 Å². The van der Waals surface area contributed by atoms with Crippen molar-refractivity contribution in [3.63, 3.8) is 0 Å². The number of nitrogens with one attached hydrogen (secondary N) is 2. The van der Waals surface area contributed by atoms with E-state index in [1.807, 2.05) is 36.4 Å². The standard InChI is InChI=1S/C25H24ClN3O3/c1-17(2)20-7-11-22(12-8-20)28-24(30)25(31)29-27-15-18-5-13-23(14-6-18)32-16-19-3-9-21(26)10-4-19/h3-15,17H,16H2,1-2H3,(H,28,30)(H,29,31). The first-order valence-corrected chi connectivity index (χ1v) is 10.5. The van der Waals surface area contributed by atoms with E-state index >= 15 is 0 Å². The molecule has 2 N–H and O–H groups in total. The Bertz CT molecular complexity index is 1080. The van der Waals surface area contributed by atoms with Crippen molar-refractivity contribution in [1.29, 1.82) is 0 Å². The van der Waals surface area contributed by atoms with E-state index < -0.39 is 11.8 Å². The Balaban J connectivity index is 1.45. The molecule has 3 aromatic rings. The van der Waals surface area contributed by atoms with E-state index in [-0.39, 0.29) is 0 Å². The topological polar surface area (TPSA) is 79.8 Å². The first-order valence-electron chi connectivity index (χ1n) is 10.1. The van der Waals surface area contributed by atoms with Crippen LogP contribution in [0, 0.1) is 0 Å². The molecule has 0 aliphatic heterocycles. The molecule has 0 bridgehead atoms. The molecular weight excluding hydrogens is 426 g/mol. The predicted molar refractivity (Wildman–Crippen MR) is 127 cm³/mol. The lowest BCUT2D eigenvalue weighted by molar-refractivity contribution is -0.136. The van der Waals surface area contributed by atoms with Crippen LogP contribution in [-0.2, 0) is 16.2 Å². The molecule has 0 spiro atoms. The zero-order valence-electron chi connectivity index (χ0n) is 17.8. The number of anilines is 1. The Labute approximate surface area is 192 Å². The van der Waals surface area contributed by atoms with Crippen molar-refractivity contribution in [3.8, 4) is 5.75 Å². The van der Waals surface area contributed by atoms with Crippen molar-refractivity contribution in [1.82, 2.24) is 5.43 Å². The average Bonchev–Trinajstić information content (AvgIpc) is 2.80. The Morgan fingerprint density at radius 1 is 0.938 bits per heavy atom. The van der Waals surface area contributed by atoms with Gasteiger partial charge in [-0.1, -0.05) is 49.7 Å². The summed E-state index contributed by atoms with van der Waals surface area (Å²) in [5.41, 5.74) is 5.68. The van der Waals surface area contributed by atoms with Crippen LogP contribution in [0.25, 0.3) is 0 Å². The fourth-order valence-corrected chi connectivity index (χ4v) is 2.88. The Hall–Kier alpha value is -3.64. The van der Waals surface area contributed by atoms with Crippen molar-refractivity contribution in [2.75, 3.05) is 5.32 Å². The number of carbonyl (C=O) groups excluding carboxylic acids is 2. The fraction of sp³-hybridized carbons (Fsp3) is 0.160. The number of ether oxygens (including phenoxy) is 1. The van der Waals surface area contributed by atoms with Gasteiger partial charge in [0.05, 0.1) is 6.21 Å². The van der Waals surface area contributed by atoms with Crippen LogP contribution >= 0.6 is 11.6 Å². The van der Waals surface area contributed by atoms with Crippen LogP contribution in [0.2, 0.25) is 5.02 Å². The average molecular weight is 450 g/mol. The van der Waals surface area contributed by atoms with Gasteiger partial charge in [-0.05, 0) is 71.1 Å². The molecule has 164 valence electrons. The van der Waals surface area contributed by atoms with Gasteiger partial charge in [-0.2, -0.15) is 5.10 Å². The molecule has 0 aromatic heterocycles. The van der Waals surface area contributed by atoms with Gasteiger partial charge in [0.15, 0.2) is 0 Å². The second-order valence-electron chi connectivity index (χ2n) is 7.41. The third-order valence-electron chi connectivity index (χ3n) is 4.62. The van der Waals surface area contributed by atoms with Crippen LogP contribution in [0.1, 0.15) is 36.5 Å². The van der Waals surface area contributed by atoms with Gasteiger partial charge < -0.3 is 10.1 Å². The molecule has 0 aliphatic rings. The summed E-state index contributed by atoms with van der Waals surface area (Å²) in [6.45, 7) is 4.60. The molecule has 32 heavy (non-hydrogen) atoms. The number of carbonyl (C=O) groups is 2. The quantitative estimate of drug-likeness (QED) is 0.298. The Morgan fingerprint density at radius 3 is 2.22 bits per heavy atom. The molecule has 0 saturated heterocycles. The third kappa shape index (κ3) is 6.96. The molecule has 3 aromatic carbocycles. The summed E-state index contributed by atoms with van der Waals surface area (Å²) in [4.78, 5) is 23.9. The van der Waals surface area contributed by atoms with Crippen LogP contribution in [0.15, 0.2) is 77.9 Å². The Morgan fingerprint density at radius 2 is 1.59 bits per heavy atom. The van der Waals surface area contributed by atoms with E-state index in [0.29, 0.717) is 29.0 Å². The minimum atomic E-state index is -0.850. The maximum absolute atomic E-state index is 12.0. The molecule has 0 radical (unpaired) electrons. The van der Waals surface area contributed by atoms with E-state index in [2.05, 4.69) is 29.7 Å². The highest BCUT2D eigenvalue weighted by Gasteiger charge is 2.13. The van der Waals surface area contributed by atoms with Gasteiger partial charge in [0.25, 0.3) is 0 Å². The lowest BCUT2D eigenvalue weighted by Crippen LogP contribution is -2.32. The van der Waals surface area contributed by atoms with Gasteiger partial charge in [0, 0.05) is 10.7 Å². The van der Waals surface area contributed by atoms with Crippen LogP contribution in [0.3, 0.4) is 0 Å². The zero-order valence-corrected chi connectivity index (χ0v) is 18.6. The molecule has 0 unspecified atom stereocenters. The minimum Gasteiger partial charge on any atom is -0.489 e. The highest BCUT2D eigenvalue weighted by Crippen LogP contribution is 2.17. The fourth-order valence-electron chi connectivity index (χ4n) is 2.75. The molecule has 0 heterocycles. The first-order chi connectivity index (χ1) is 15.4. The summed E-state index contributed by atoms with van der Waals surface area (Å²) in [5.74, 6) is -0.548. The lowest BCUT2D eigenvalue weighted by Gasteiger charge is -2.08. The number of rotatable bonds is 7. The highest BCUT2D eigenvalue weighted by atomic mass is 35.5. The second-order valence-corrected chi connectivity index (χ2v) is 7.85. The molecule has 2 amide bonds. The van der Waals surface area contributed by atoms with Crippen molar-refractivity contribution in [2.45, 2.75) is 26.4 Å². The summed E-state index contributed by atoms with van der Waals surface area (Å²) >= 11 is 5.87. The normalized spacial score (nSPS) is 10.9. The number of hydrogen-bond acceptors (Lipinski definition) is 4. The van der Waals surface area contributed by atoms with Crippen molar-refractivity contribution < 1.29 is 14.3 Å². The van der Waals surface area contributed by atoms with Crippen molar-refractivity contribution in [2.24, 2.45) is 5.10 Å². The molecular formula is C25H24ClN3O3. The highest BCUT2D eigenvalue weighted by molar-refractivity contribution is 6.39. The third-order valence-corrected chi connectivity index (χ3v) is 4.87. The minimum absolute atomic E-state index is 0.390. The monoisotopic (exact) mass is 449 g/mol. The zero-order chi connectivity index (χ0) is 22.9. The number of halogens is 1. The van der Waals surface area contributed by atoms with Gasteiger partial charge in [-0.15, -0.1) is 0 Å². The van der Waals surface area contributed by atoms with Crippen LogP contribution in [-0.4, -0.2) is 18.0 Å². The van der Waals surface area contributed by atoms with Gasteiger partial charge in [0.1, 0.15) is 12.4 Å². The predicted octanol–water partition coefficient (Wildman–Crippen LogP) is 5.13. The smallest absolute Gasteiger partial charge is 0.329 e. The maximum Gasteiger partial charge on any atom is 0.329 e. The molecule has 3 rings (SSSR count). The van der Waals surface area contributed by atoms with Gasteiger partial charge >= 0.3 is 11.8 Å². The van der Waals surface area contributed by atoms with Crippen molar-refractivity contribution in [3.05, 3.63) is 94.5 Å². The SMILES string of the molecule is CC(C)c1ccc(NC(=O)C(=O)NN=Cc2ccc(OCc3ccc(Cl)cc3)cc2)cc1. The summed E-state index contributed by atoms with van der Waals surface area (Å²) in [5, 5.41) is 7.06. The van der Waals surface area contributed by atoms with Crippen LogP contribution in [0.4, 0.5) is 5.69 Å². The number of nitrogens with zero attached hydrogens (tertiary/aromatic N) is 1. The molecule has 0 saturated carbocycles. The second kappa shape index (κ2) is 11.1. The molecule has 6 nitrogen and oxygen atoms in total. The van der Waals surface area contributed by atoms with E-state index in [9.17, 15) is 9.59 Å². The number of benzene rings is 3. The van der Waals surface area contributed by atoms with Gasteiger partial charge in [-0.3, -0.25) is 9.59 Å². The number of amides is 2. The first kappa shape index (κ1) is 23.0. The summed E-state index contributed by atoms with van der Waals surface area (Å²) < 4.78 is 5.73. The molecule has 0 aliphatic carbocycles. The number of hydrogen-bond donors (Lipinski definition) is 2. The Kier molecular flexibility index (Phi) is 8.00. The molecule has 7 heteroatoms. The van der Waals surface area contributed by atoms with Crippen molar-refractivity contribution >= 4 is 35.3 Å². The molecule has 0 atom stereocenters. The summed E-state index contributed by atoms with van der Waals surface area (Å²) in [6, 6.07) is 22.0. The van der Waals surface area contributed by atoms with Crippen LogP contribution < -0.4 is 15.5 Å². The number of hydrazone groups is 1. The van der Waals surface area contributed by atoms with E-state index in [4.69, 9.17) is 16.3 Å². The summed E-state index contributed by atoms with van der Waals surface area (Å²) in [7, 11) is 0. The van der Waals surface area contributed by atoms with Gasteiger partial charge in [-0.25, -0.2) is 5.43 Å². The van der Waals surface area contributed by atoms with E-state index in [1.54, 1.807) is 36.4 Å². The maximum atomic E-state index is 12.0. The van der Waals surface area contributed by atoms with E-state index in [0.717, 1.165) is 16.7 Å². The molecule has 0 fully saturated rings.